The molecular weight excluding hydrogens is 548 g/mol. The van der Waals surface area contributed by atoms with Crippen LogP contribution in [0.15, 0.2) is 72.8 Å². The second kappa shape index (κ2) is 13.7. The van der Waals surface area contributed by atoms with Crippen LogP contribution < -0.4 is 20.3 Å². The van der Waals surface area contributed by atoms with E-state index in [4.69, 9.17) is 0 Å². The van der Waals surface area contributed by atoms with Crippen LogP contribution >= 0.6 is 0 Å². The number of anilines is 2. The lowest BCUT2D eigenvalue weighted by atomic mass is 9.87. The summed E-state index contributed by atoms with van der Waals surface area (Å²) in [5, 5.41) is 21.3. The number of aryl methyl sites for hydroxylation is 1. The topological polar surface area (TPSA) is 111 Å². The number of hydrogen-bond donors (Lipinski definition) is 4. The third-order valence-electron chi connectivity index (χ3n) is 8.22. The standard InChI is InChI=1S/C33H42N4O4S/c1-2-34-27-20-26(21-28(22-27)37-17-8-9-18-42(37,40)41)33(39)36-31(19-24-11-4-3-5-12-24)32(38)23-35-30-16-10-14-25-13-6-7-15-29(25)30/h3-7,11-13,15,20-22,30-32,34-35,38H,2,8-10,14,16-19,23H2,1H3,(H,36,39)/t30?,31-,32+/m0/s1. The summed E-state index contributed by atoms with van der Waals surface area (Å²) in [4.78, 5) is 13.7. The quantitative estimate of drug-likeness (QED) is 0.263. The van der Waals surface area contributed by atoms with E-state index in [0.717, 1.165) is 31.2 Å². The van der Waals surface area contributed by atoms with Crippen molar-refractivity contribution in [3.8, 4) is 0 Å². The maximum Gasteiger partial charge on any atom is 0.251 e. The Morgan fingerprint density at radius 3 is 2.60 bits per heavy atom. The Hall–Kier alpha value is -3.40. The molecule has 0 aromatic heterocycles. The van der Waals surface area contributed by atoms with Crippen LogP contribution in [-0.4, -0.2) is 57.0 Å². The van der Waals surface area contributed by atoms with Gasteiger partial charge in [0.25, 0.3) is 5.91 Å². The van der Waals surface area contributed by atoms with Gasteiger partial charge in [0.1, 0.15) is 0 Å². The summed E-state index contributed by atoms with van der Waals surface area (Å²) >= 11 is 0. The van der Waals surface area contributed by atoms with Crippen molar-refractivity contribution in [2.75, 3.05) is 35.0 Å². The molecule has 1 saturated heterocycles. The highest BCUT2D eigenvalue weighted by Gasteiger charge is 2.29. The Morgan fingerprint density at radius 2 is 1.81 bits per heavy atom. The van der Waals surface area contributed by atoms with E-state index in [1.54, 1.807) is 18.2 Å². The van der Waals surface area contributed by atoms with Gasteiger partial charge in [-0.3, -0.25) is 9.10 Å². The molecule has 1 aliphatic heterocycles. The normalized spacial score (nSPS) is 19.4. The van der Waals surface area contributed by atoms with Crippen molar-refractivity contribution >= 4 is 27.3 Å². The lowest BCUT2D eigenvalue weighted by Gasteiger charge is -2.30. The van der Waals surface area contributed by atoms with Gasteiger partial charge >= 0.3 is 0 Å². The van der Waals surface area contributed by atoms with Gasteiger partial charge in [-0.1, -0.05) is 54.6 Å². The highest BCUT2D eigenvalue weighted by Crippen LogP contribution is 2.30. The minimum Gasteiger partial charge on any atom is -0.390 e. The van der Waals surface area contributed by atoms with Crippen molar-refractivity contribution in [2.45, 2.75) is 63.6 Å². The summed E-state index contributed by atoms with van der Waals surface area (Å²) < 4.78 is 27.1. The first kappa shape index (κ1) is 30.1. The van der Waals surface area contributed by atoms with E-state index >= 15 is 0 Å². The number of hydrogen-bond acceptors (Lipinski definition) is 6. The Morgan fingerprint density at radius 1 is 1.02 bits per heavy atom. The van der Waals surface area contributed by atoms with Gasteiger partial charge in [0, 0.05) is 36.9 Å². The Balaban J connectivity index is 1.36. The van der Waals surface area contributed by atoms with E-state index in [1.165, 1.54) is 15.4 Å². The van der Waals surface area contributed by atoms with E-state index in [9.17, 15) is 18.3 Å². The second-order valence-electron chi connectivity index (χ2n) is 11.3. The van der Waals surface area contributed by atoms with Gasteiger partial charge in [-0.2, -0.15) is 0 Å². The van der Waals surface area contributed by atoms with Crippen molar-refractivity contribution in [1.82, 2.24) is 10.6 Å². The van der Waals surface area contributed by atoms with Gasteiger partial charge in [-0.15, -0.1) is 0 Å². The molecule has 0 bridgehead atoms. The fourth-order valence-corrected chi connectivity index (χ4v) is 7.67. The number of amides is 1. The van der Waals surface area contributed by atoms with Crippen LogP contribution in [0.5, 0.6) is 0 Å². The van der Waals surface area contributed by atoms with Gasteiger partial charge in [-0.05, 0) is 80.3 Å². The molecule has 1 amide bonds. The third-order valence-corrected chi connectivity index (χ3v) is 10.1. The fraction of sp³-hybridized carbons (Fsp3) is 0.424. The second-order valence-corrected chi connectivity index (χ2v) is 13.3. The van der Waals surface area contributed by atoms with Gasteiger partial charge in [0.15, 0.2) is 0 Å². The van der Waals surface area contributed by atoms with E-state index in [2.05, 4.69) is 40.2 Å². The van der Waals surface area contributed by atoms with Crippen LogP contribution in [0.2, 0.25) is 0 Å². The lowest BCUT2D eigenvalue weighted by molar-refractivity contribution is 0.0823. The van der Waals surface area contributed by atoms with Gasteiger partial charge in [0.05, 0.1) is 23.6 Å². The summed E-state index contributed by atoms with van der Waals surface area (Å²) in [7, 11) is -3.44. The maximum absolute atomic E-state index is 13.7. The SMILES string of the molecule is CCNc1cc(C(=O)N[C@@H](Cc2ccccc2)[C@H](O)CNC2CCCc3ccccc32)cc(N2CCCCS2(=O)=O)c1. The number of nitrogens with one attached hydrogen (secondary N) is 3. The minimum atomic E-state index is -3.44. The molecule has 8 nitrogen and oxygen atoms in total. The molecule has 3 aromatic carbocycles. The van der Waals surface area contributed by atoms with Crippen molar-refractivity contribution in [3.63, 3.8) is 0 Å². The summed E-state index contributed by atoms with van der Waals surface area (Å²) in [6, 6.07) is 23.0. The Bertz CT molecular complexity index is 1460. The summed E-state index contributed by atoms with van der Waals surface area (Å²) in [5.74, 6) is -0.252. The number of benzene rings is 3. The Kier molecular flexibility index (Phi) is 9.82. The molecule has 5 rings (SSSR count). The summed E-state index contributed by atoms with van der Waals surface area (Å²) in [6.45, 7) is 3.30. The number of aliphatic hydroxyl groups is 1. The van der Waals surface area contributed by atoms with Crippen LogP contribution in [0.4, 0.5) is 11.4 Å². The molecule has 0 spiro atoms. The molecule has 3 aromatic rings. The molecule has 1 unspecified atom stereocenters. The zero-order valence-electron chi connectivity index (χ0n) is 24.3. The molecule has 2 aliphatic rings. The van der Waals surface area contributed by atoms with Gasteiger partial charge in [-0.25, -0.2) is 8.42 Å². The van der Waals surface area contributed by atoms with Crippen LogP contribution in [0.25, 0.3) is 0 Å². The third kappa shape index (κ3) is 7.32. The predicted octanol–water partition coefficient (Wildman–Crippen LogP) is 4.42. The number of sulfonamides is 1. The monoisotopic (exact) mass is 590 g/mol. The lowest BCUT2D eigenvalue weighted by Crippen LogP contribution is -2.49. The molecule has 4 N–H and O–H groups in total. The number of rotatable bonds is 11. The smallest absolute Gasteiger partial charge is 0.251 e. The van der Waals surface area contributed by atoms with E-state index in [-0.39, 0.29) is 17.7 Å². The largest absolute Gasteiger partial charge is 0.390 e. The molecule has 0 radical (unpaired) electrons. The van der Waals surface area contributed by atoms with Crippen LogP contribution in [-0.2, 0) is 22.9 Å². The van der Waals surface area contributed by atoms with Crippen LogP contribution in [0.1, 0.15) is 65.7 Å². The zero-order valence-corrected chi connectivity index (χ0v) is 25.1. The molecule has 1 aliphatic carbocycles. The average Bonchev–Trinajstić information content (AvgIpc) is 2.99. The first-order chi connectivity index (χ1) is 20.3. The predicted molar refractivity (Wildman–Crippen MR) is 169 cm³/mol. The highest BCUT2D eigenvalue weighted by atomic mass is 32.2. The first-order valence-electron chi connectivity index (χ1n) is 15.1. The van der Waals surface area contributed by atoms with Crippen molar-refractivity contribution < 1.29 is 18.3 Å². The molecule has 3 atom stereocenters. The van der Waals surface area contributed by atoms with Crippen LogP contribution in [0, 0.1) is 0 Å². The number of nitrogens with zero attached hydrogens (tertiary/aromatic N) is 1. The molecule has 42 heavy (non-hydrogen) atoms. The van der Waals surface area contributed by atoms with E-state index in [0.29, 0.717) is 49.4 Å². The maximum atomic E-state index is 13.7. The number of carbonyl (C=O) groups excluding carboxylic acids is 1. The van der Waals surface area contributed by atoms with Crippen molar-refractivity contribution in [3.05, 3.63) is 95.1 Å². The average molecular weight is 591 g/mol. The summed E-state index contributed by atoms with van der Waals surface area (Å²) in [5.41, 5.74) is 5.14. The number of aliphatic hydroxyl groups excluding tert-OH is 1. The van der Waals surface area contributed by atoms with E-state index in [1.807, 2.05) is 37.3 Å². The molecule has 224 valence electrons. The summed E-state index contributed by atoms with van der Waals surface area (Å²) in [6.07, 6.45) is 4.18. The molecule has 9 heteroatoms. The van der Waals surface area contributed by atoms with Crippen molar-refractivity contribution in [1.29, 1.82) is 0 Å². The fourth-order valence-electron chi connectivity index (χ4n) is 6.05. The van der Waals surface area contributed by atoms with Gasteiger partial charge < -0.3 is 21.1 Å². The molecule has 1 fully saturated rings. The Labute approximate surface area is 249 Å². The van der Waals surface area contributed by atoms with Crippen LogP contribution in [0.3, 0.4) is 0 Å². The number of fused-ring (bicyclic) bond motifs is 1. The zero-order chi connectivity index (χ0) is 29.5. The van der Waals surface area contributed by atoms with Gasteiger partial charge in [0.2, 0.25) is 10.0 Å². The molecular formula is C33H42N4O4S. The first-order valence-corrected chi connectivity index (χ1v) is 16.7. The van der Waals surface area contributed by atoms with E-state index < -0.39 is 22.2 Å². The minimum absolute atomic E-state index is 0.101. The van der Waals surface area contributed by atoms with Crippen molar-refractivity contribution in [2.24, 2.45) is 0 Å². The number of carbonyl (C=O) groups is 1. The molecule has 0 saturated carbocycles. The highest BCUT2D eigenvalue weighted by molar-refractivity contribution is 7.92. The molecule has 1 heterocycles.